The summed E-state index contributed by atoms with van der Waals surface area (Å²) in [5, 5.41) is 1.80. The Hall–Kier alpha value is -2.17. The molecule has 0 aliphatic heterocycles. The van der Waals surface area contributed by atoms with Crippen molar-refractivity contribution >= 4 is 33.2 Å². The van der Waals surface area contributed by atoms with Crippen molar-refractivity contribution < 1.29 is 30.8 Å². The summed E-state index contributed by atoms with van der Waals surface area (Å²) in [4.78, 5) is 12.2. The number of amides is 1. The number of carbonyl (C=O) groups is 1. The van der Waals surface area contributed by atoms with Crippen LogP contribution in [-0.2, 0) is 16.2 Å². The fourth-order valence-corrected chi connectivity index (χ4v) is 5.23. The van der Waals surface area contributed by atoms with Gasteiger partial charge in [0.25, 0.3) is 5.91 Å². The van der Waals surface area contributed by atoms with E-state index in [1.807, 2.05) is 12.2 Å². The molecule has 32 heavy (non-hydrogen) atoms. The average molecular weight is 493 g/mol. The van der Waals surface area contributed by atoms with Crippen LogP contribution in [0.1, 0.15) is 48.5 Å². The summed E-state index contributed by atoms with van der Waals surface area (Å²) in [6.07, 6.45) is -1.42. The third-order valence-corrected chi connectivity index (χ3v) is 7.17. The van der Waals surface area contributed by atoms with Crippen LogP contribution in [0, 0.1) is 11.7 Å². The van der Waals surface area contributed by atoms with Crippen LogP contribution in [0.5, 0.6) is 0 Å². The second-order valence-electron chi connectivity index (χ2n) is 7.77. The highest BCUT2D eigenvalue weighted by molar-refractivity contribution is 7.89. The number of anilines is 1. The standard InChI is InChI=1S/C21H21ClF4N2O3S/c1-12-4-2-3-5-18(12)28-32(30,31)14-7-8-17(23)15(11-14)20(29)27-19-9-6-13(22)10-16(19)21(24,25)26/h6-12,18,28H,2-5H2,1H3,(H,27,29)/t12-,18+/m0/s1. The van der Waals surface area contributed by atoms with Gasteiger partial charge in [0, 0.05) is 11.1 Å². The number of nitrogens with one attached hydrogen (secondary N) is 2. The maximum absolute atomic E-state index is 14.3. The Morgan fingerprint density at radius 3 is 2.44 bits per heavy atom. The molecule has 2 N–H and O–H groups in total. The Morgan fingerprint density at radius 1 is 1.09 bits per heavy atom. The van der Waals surface area contributed by atoms with Gasteiger partial charge in [-0.05, 0) is 55.2 Å². The smallest absolute Gasteiger partial charge is 0.321 e. The molecule has 1 fully saturated rings. The minimum Gasteiger partial charge on any atom is -0.321 e. The van der Waals surface area contributed by atoms with Crippen LogP contribution in [0.2, 0.25) is 5.02 Å². The Labute approximate surface area is 188 Å². The molecule has 0 radical (unpaired) electrons. The number of benzene rings is 2. The first kappa shape index (κ1) is 24.5. The molecule has 0 spiro atoms. The zero-order valence-corrected chi connectivity index (χ0v) is 18.5. The van der Waals surface area contributed by atoms with E-state index < -0.39 is 44.7 Å². The van der Waals surface area contributed by atoms with Crippen LogP contribution in [0.25, 0.3) is 0 Å². The quantitative estimate of drug-likeness (QED) is 0.533. The number of alkyl halides is 3. The number of halogens is 5. The van der Waals surface area contributed by atoms with Gasteiger partial charge in [0.15, 0.2) is 0 Å². The summed E-state index contributed by atoms with van der Waals surface area (Å²) in [6, 6.07) is 5.02. The third kappa shape index (κ3) is 5.60. The van der Waals surface area contributed by atoms with Gasteiger partial charge < -0.3 is 5.32 Å². The fraction of sp³-hybridized carbons (Fsp3) is 0.381. The fourth-order valence-electron chi connectivity index (χ4n) is 3.65. The van der Waals surface area contributed by atoms with Gasteiger partial charge in [-0.2, -0.15) is 13.2 Å². The number of hydrogen-bond donors (Lipinski definition) is 2. The Bertz CT molecular complexity index is 1120. The van der Waals surface area contributed by atoms with Crippen molar-refractivity contribution in [3.63, 3.8) is 0 Å². The van der Waals surface area contributed by atoms with E-state index in [2.05, 4.69) is 4.72 Å². The highest BCUT2D eigenvalue weighted by Crippen LogP contribution is 2.36. The van der Waals surface area contributed by atoms with Crippen LogP contribution in [0.3, 0.4) is 0 Å². The van der Waals surface area contributed by atoms with Crippen molar-refractivity contribution in [3.05, 3.63) is 58.4 Å². The molecule has 5 nitrogen and oxygen atoms in total. The van der Waals surface area contributed by atoms with Crippen LogP contribution >= 0.6 is 11.6 Å². The third-order valence-electron chi connectivity index (χ3n) is 5.45. The van der Waals surface area contributed by atoms with Crippen LogP contribution in [-0.4, -0.2) is 20.4 Å². The van der Waals surface area contributed by atoms with E-state index in [4.69, 9.17) is 11.6 Å². The number of carbonyl (C=O) groups excluding carboxylic acids is 1. The SMILES string of the molecule is C[C@H]1CCCC[C@H]1NS(=O)(=O)c1ccc(F)c(C(=O)Nc2ccc(Cl)cc2C(F)(F)F)c1. The number of sulfonamides is 1. The molecule has 11 heteroatoms. The summed E-state index contributed by atoms with van der Waals surface area (Å²) in [6.45, 7) is 1.93. The van der Waals surface area contributed by atoms with Gasteiger partial charge in [-0.3, -0.25) is 4.79 Å². The lowest BCUT2D eigenvalue weighted by atomic mass is 9.87. The molecule has 0 bridgehead atoms. The van der Waals surface area contributed by atoms with Gasteiger partial charge in [-0.1, -0.05) is 31.4 Å². The summed E-state index contributed by atoms with van der Waals surface area (Å²) in [7, 11) is -4.07. The molecular weight excluding hydrogens is 472 g/mol. The molecule has 2 aromatic rings. The molecule has 174 valence electrons. The van der Waals surface area contributed by atoms with Crippen LogP contribution < -0.4 is 10.0 Å². The maximum atomic E-state index is 14.3. The van der Waals surface area contributed by atoms with Crippen molar-refractivity contribution in [2.24, 2.45) is 5.92 Å². The summed E-state index contributed by atoms with van der Waals surface area (Å²) in [5.41, 5.74) is -2.54. The van der Waals surface area contributed by atoms with Crippen molar-refractivity contribution in [1.29, 1.82) is 0 Å². The zero-order valence-electron chi connectivity index (χ0n) is 17.0. The second-order valence-corrected chi connectivity index (χ2v) is 9.92. The molecule has 1 aliphatic rings. The van der Waals surface area contributed by atoms with E-state index in [9.17, 15) is 30.8 Å². The van der Waals surface area contributed by atoms with E-state index in [1.165, 1.54) is 0 Å². The first-order valence-electron chi connectivity index (χ1n) is 9.88. The molecule has 1 saturated carbocycles. The van der Waals surface area contributed by atoms with E-state index in [0.29, 0.717) is 12.5 Å². The lowest BCUT2D eigenvalue weighted by Gasteiger charge is -2.29. The molecular formula is C21H21ClF4N2O3S. The summed E-state index contributed by atoms with van der Waals surface area (Å²) < 4.78 is 82.3. The minimum absolute atomic E-state index is 0.118. The molecule has 0 heterocycles. The first-order valence-corrected chi connectivity index (χ1v) is 11.7. The lowest BCUT2D eigenvalue weighted by molar-refractivity contribution is -0.136. The van der Waals surface area contributed by atoms with Gasteiger partial charge in [0.05, 0.1) is 21.7 Å². The second kappa shape index (κ2) is 9.36. The minimum atomic E-state index is -4.82. The van der Waals surface area contributed by atoms with Crippen molar-refractivity contribution in [2.45, 2.75) is 49.7 Å². The van der Waals surface area contributed by atoms with Crippen molar-refractivity contribution in [1.82, 2.24) is 4.72 Å². The van der Waals surface area contributed by atoms with E-state index in [1.54, 1.807) is 0 Å². The topological polar surface area (TPSA) is 75.3 Å². The molecule has 0 saturated heterocycles. The van der Waals surface area contributed by atoms with E-state index >= 15 is 0 Å². The molecule has 2 aromatic carbocycles. The van der Waals surface area contributed by atoms with E-state index in [0.717, 1.165) is 49.6 Å². The largest absolute Gasteiger partial charge is 0.418 e. The molecule has 0 aromatic heterocycles. The monoisotopic (exact) mass is 492 g/mol. The molecule has 0 unspecified atom stereocenters. The molecule has 3 rings (SSSR count). The molecule has 2 atom stereocenters. The maximum Gasteiger partial charge on any atom is 0.418 e. The summed E-state index contributed by atoms with van der Waals surface area (Å²) >= 11 is 5.62. The molecule has 1 amide bonds. The van der Waals surface area contributed by atoms with Gasteiger partial charge in [-0.25, -0.2) is 17.5 Å². The average Bonchev–Trinajstić information content (AvgIpc) is 2.70. The predicted molar refractivity (Wildman–Crippen MR) is 113 cm³/mol. The first-order chi connectivity index (χ1) is 14.9. The highest BCUT2D eigenvalue weighted by atomic mass is 35.5. The van der Waals surface area contributed by atoms with Gasteiger partial charge >= 0.3 is 6.18 Å². The summed E-state index contributed by atoms with van der Waals surface area (Å²) in [5.74, 6) is -2.18. The Morgan fingerprint density at radius 2 is 1.78 bits per heavy atom. The van der Waals surface area contributed by atoms with Gasteiger partial charge in [0.1, 0.15) is 5.82 Å². The van der Waals surface area contributed by atoms with Gasteiger partial charge in [-0.15, -0.1) is 0 Å². The number of rotatable bonds is 5. The van der Waals surface area contributed by atoms with Crippen LogP contribution in [0.15, 0.2) is 41.3 Å². The van der Waals surface area contributed by atoms with Crippen molar-refractivity contribution in [3.8, 4) is 0 Å². The lowest BCUT2D eigenvalue weighted by Crippen LogP contribution is -2.41. The number of hydrogen-bond acceptors (Lipinski definition) is 3. The van der Waals surface area contributed by atoms with Gasteiger partial charge in [0.2, 0.25) is 10.0 Å². The normalized spacial score (nSPS) is 19.6. The Kier molecular flexibility index (Phi) is 7.16. The predicted octanol–water partition coefficient (Wildman–Crippen LogP) is 5.61. The molecule has 1 aliphatic carbocycles. The zero-order chi connectivity index (χ0) is 23.7. The van der Waals surface area contributed by atoms with Crippen LogP contribution in [0.4, 0.5) is 23.2 Å². The van der Waals surface area contributed by atoms with Crippen molar-refractivity contribution in [2.75, 3.05) is 5.32 Å². The Balaban J connectivity index is 1.88. The van der Waals surface area contributed by atoms with E-state index in [-0.39, 0.29) is 21.9 Å². The highest BCUT2D eigenvalue weighted by Gasteiger charge is 2.34.